The van der Waals surface area contributed by atoms with Crippen LogP contribution in [0.5, 0.6) is 5.75 Å². The van der Waals surface area contributed by atoms with Crippen LogP contribution >= 0.6 is 0 Å². The Kier molecular flexibility index (Phi) is 5.23. The van der Waals surface area contributed by atoms with Crippen LogP contribution in [0.3, 0.4) is 0 Å². The van der Waals surface area contributed by atoms with Gasteiger partial charge in [-0.15, -0.1) is 0 Å². The smallest absolute Gasteiger partial charge is 0.227 e. The van der Waals surface area contributed by atoms with E-state index >= 15 is 0 Å². The summed E-state index contributed by atoms with van der Waals surface area (Å²) in [5, 5.41) is 0. The molecule has 2 rings (SSSR count). The summed E-state index contributed by atoms with van der Waals surface area (Å²) >= 11 is 0. The summed E-state index contributed by atoms with van der Waals surface area (Å²) in [4.78, 5) is 16.8. The number of nitrogens with zero attached hydrogens (tertiary/aromatic N) is 2. The highest BCUT2D eigenvalue weighted by molar-refractivity contribution is 5.79. The molecule has 0 aliphatic carbocycles. The van der Waals surface area contributed by atoms with Gasteiger partial charge in [0.25, 0.3) is 0 Å². The molecule has 0 radical (unpaired) electrons. The van der Waals surface area contributed by atoms with Gasteiger partial charge in [-0.3, -0.25) is 4.79 Å². The van der Waals surface area contributed by atoms with Crippen molar-refractivity contribution < 1.29 is 9.53 Å². The van der Waals surface area contributed by atoms with Gasteiger partial charge in [0.2, 0.25) is 5.91 Å². The van der Waals surface area contributed by atoms with E-state index in [4.69, 9.17) is 4.74 Å². The number of rotatable bonds is 4. The van der Waals surface area contributed by atoms with Crippen molar-refractivity contribution >= 4 is 5.91 Å². The number of amides is 1. The lowest BCUT2D eigenvalue weighted by Gasteiger charge is -2.35. The number of benzene rings is 1. The van der Waals surface area contributed by atoms with Gasteiger partial charge >= 0.3 is 0 Å². The Morgan fingerprint density at radius 1 is 1.38 bits per heavy atom. The average molecular weight is 290 g/mol. The van der Waals surface area contributed by atoms with E-state index in [1.165, 1.54) is 0 Å². The summed E-state index contributed by atoms with van der Waals surface area (Å²) in [6.45, 7) is 4.17. The molecular weight excluding hydrogens is 264 g/mol. The van der Waals surface area contributed by atoms with Gasteiger partial charge in [-0.1, -0.05) is 17.7 Å². The third-order valence-corrected chi connectivity index (χ3v) is 4.41. The van der Waals surface area contributed by atoms with E-state index in [2.05, 4.69) is 11.9 Å². The SMILES string of the molecule is COc1ccc(C)cc1CC(=O)N(C)C1CCN(C)CC1. The molecule has 1 amide bonds. The van der Waals surface area contributed by atoms with Crippen LogP contribution in [0.25, 0.3) is 0 Å². The third kappa shape index (κ3) is 3.97. The second kappa shape index (κ2) is 6.94. The Balaban J connectivity index is 2.02. The molecule has 0 spiro atoms. The molecule has 1 heterocycles. The first kappa shape index (κ1) is 15.8. The van der Waals surface area contributed by atoms with Crippen LogP contribution < -0.4 is 4.74 Å². The minimum absolute atomic E-state index is 0.174. The molecule has 1 fully saturated rings. The van der Waals surface area contributed by atoms with Crippen LogP contribution in [0, 0.1) is 6.92 Å². The highest BCUT2D eigenvalue weighted by Crippen LogP contribution is 2.22. The summed E-state index contributed by atoms with van der Waals surface area (Å²) in [6.07, 6.45) is 2.53. The number of piperidine rings is 1. The molecular formula is C17H26N2O2. The van der Waals surface area contributed by atoms with Gasteiger partial charge in [0.1, 0.15) is 5.75 Å². The Hall–Kier alpha value is -1.55. The molecule has 0 aromatic heterocycles. The Morgan fingerprint density at radius 2 is 2.05 bits per heavy atom. The zero-order chi connectivity index (χ0) is 15.4. The van der Waals surface area contributed by atoms with Crippen molar-refractivity contribution in [3.05, 3.63) is 29.3 Å². The van der Waals surface area contributed by atoms with Gasteiger partial charge in [0, 0.05) is 18.7 Å². The molecule has 4 nitrogen and oxygen atoms in total. The maximum atomic E-state index is 12.5. The Bertz CT molecular complexity index is 494. The molecule has 21 heavy (non-hydrogen) atoms. The van der Waals surface area contributed by atoms with E-state index in [0.717, 1.165) is 42.8 Å². The number of aryl methyl sites for hydroxylation is 1. The number of hydrogen-bond donors (Lipinski definition) is 0. The maximum absolute atomic E-state index is 12.5. The normalized spacial score (nSPS) is 16.8. The number of carbonyl (C=O) groups excluding carboxylic acids is 1. The third-order valence-electron chi connectivity index (χ3n) is 4.41. The van der Waals surface area contributed by atoms with E-state index < -0.39 is 0 Å². The molecule has 1 aromatic rings. The molecule has 0 atom stereocenters. The van der Waals surface area contributed by atoms with Crippen molar-refractivity contribution in [3.63, 3.8) is 0 Å². The number of likely N-dealkylation sites (tertiary alicyclic amines) is 1. The van der Waals surface area contributed by atoms with E-state index in [0.29, 0.717) is 12.5 Å². The summed E-state index contributed by atoms with van der Waals surface area (Å²) in [7, 11) is 5.72. The zero-order valence-electron chi connectivity index (χ0n) is 13.6. The first-order valence-electron chi connectivity index (χ1n) is 7.59. The molecule has 0 saturated carbocycles. The van der Waals surface area contributed by atoms with Gasteiger partial charge in [-0.2, -0.15) is 0 Å². The fraction of sp³-hybridized carbons (Fsp3) is 0.588. The van der Waals surface area contributed by atoms with E-state index in [9.17, 15) is 4.79 Å². The molecule has 0 N–H and O–H groups in total. The average Bonchev–Trinajstić information content (AvgIpc) is 2.47. The highest BCUT2D eigenvalue weighted by atomic mass is 16.5. The van der Waals surface area contributed by atoms with Gasteiger partial charge in [-0.25, -0.2) is 0 Å². The fourth-order valence-corrected chi connectivity index (χ4v) is 2.92. The predicted molar refractivity (Wildman–Crippen MR) is 84.7 cm³/mol. The van der Waals surface area contributed by atoms with E-state index in [1.54, 1.807) is 7.11 Å². The molecule has 116 valence electrons. The van der Waals surface area contributed by atoms with Crippen LogP contribution in [0.2, 0.25) is 0 Å². The topological polar surface area (TPSA) is 32.8 Å². The van der Waals surface area contributed by atoms with Crippen molar-refractivity contribution in [2.24, 2.45) is 0 Å². The number of methoxy groups -OCH3 is 1. The summed E-state index contributed by atoms with van der Waals surface area (Å²) < 4.78 is 5.36. The lowest BCUT2D eigenvalue weighted by molar-refractivity contribution is -0.132. The lowest BCUT2D eigenvalue weighted by atomic mass is 10.0. The maximum Gasteiger partial charge on any atom is 0.227 e. The minimum atomic E-state index is 0.174. The van der Waals surface area contributed by atoms with Gasteiger partial charge in [0.15, 0.2) is 0 Å². The van der Waals surface area contributed by atoms with Crippen LogP contribution in [0.15, 0.2) is 18.2 Å². The van der Waals surface area contributed by atoms with Crippen molar-refractivity contribution in [2.75, 3.05) is 34.3 Å². The predicted octanol–water partition coefficient (Wildman–Crippen LogP) is 2.10. The number of likely N-dealkylation sites (N-methyl/N-ethyl adjacent to an activating group) is 1. The van der Waals surface area contributed by atoms with Crippen molar-refractivity contribution in [1.82, 2.24) is 9.80 Å². The van der Waals surface area contributed by atoms with Crippen LogP contribution in [-0.4, -0.2) is 56.0 Å². The Labute approximate surface area is 127 Å². The summed E-state index contributed by atoms with van der Waals surface area (Å²) in [5.41, 5.74) is 2.13. The van der Waals surface area contributed by atoms with E-state index in [1.807, 2.05) is 37.1 Å². The van der Waals surface area contributed by atoms with Crippen LogP contribution in [-0.2, 0) is 11.2 Å². The quantitative estimate of drug-likeness (QED) is 0.851. The molecule has 1 aliphatic rings. The van der Waals surface area contributed by atoms with Crippen LogP contribution in [0.1, 0.15) is 24.0 Å². The number of carbonyl (C=O) groups is 1. The van der Waals surface area contributed by atoms with Crippen molar-refractivity contribution in [1.29, 1.82) is 0 Å². The van der Waals surface area contributed by atoms with Gasteiger partial charge < -0.3 is 14.5 Å². The van der Waals surface area contributed by atoms with Gasteiger partial charge in [-0.05, 0) is 46.0 Å². The molecule has 1 saturated heterocycles. The molecule has 4 heteroatoms. The Morgan fingerprint density at radius 3 is 2.67 bits per heavy atom. The summed E-state index contributed by atoms with van der Waals surface area (Å²) in [6, 6.07) is 6.35. The van der Waals surface area contributed by atoms with Gasteiger partial charge in [0.05, 0.1) is 13.5 Å². The fourth-order valence-electron chi connectivity index (χ4n) is 2.92. The largest absolute Gasteiger partial charge is 0.496 e. The zero-order valence-corrected chi connectivity index (χ0v) is 13.6. The summed E-state index contributed by atoms with van der Waals surface area (Å²) in [5.74, 6) is 0.971. The molecule has 1 aliphatic heterocycles. The standard InChI is InChI=1S/C17H26N2O2/c1-13-5-6-16(21-4)14(11-13)12-17(20)19(3)15-7-9-18(2)10-8-15/h5-6,11,15H,7-10,12H2,1-4H3. The van der Waals surface area contributed by atoms with E-state index in [-0.39, 0.29) is 5.91 Å². The number of ether oxygens (including phenoxy) is 1. The first-order valence-corrected chi connectivity index (χ1v) is 7.59. The molecule has 0 bridgehead atoms. The monoisotopic (exact) mass is 290 g/mol. The second-order valence-corrected chi connectivity index (χ2v) is 6.03. The second-order valence-electron chi connectivity index (χ2n) is 6.03. The lowest BCUT2D eigenvalue weighted by Crippen LogP contribution is -2.45. The van der Waals surface area contributed by atoms with Crippen molar-refractivity contribution in [3.8, 4) is 5.75 Å². The molecule has 0 unspecified atom stereocenters. The highest BCUT2D eigenvalue weighted by Gasteiger charge is 2.24. The molecule has 1 aromatic carbocycles. The minimum Gasteiger partial charge on any atom is -0.496 e. The number of hydrogen-bond acceptors (Lipinski definition) is 3. The van der Waals surface area contributed by atoms with Crippen LogP contribution in [0.4, 0.5) is 0 Å². The first-order chi connectivity index (χ1) is 10.0. The van der Waals surface area contributed by atoms with Crippen molar-refractivity contribution in [2.45, 2.75) is 32.2 Å².